The molecule has 0 unspecified atom stereocenters. The molecule has 1 fully saturated rings. The van der Waals surface area contributed by atoms with Gasteiger partial charge >= 0.3 is 0 Å². The average Bonchev–Trinajstić information content (AvgIpc) is 3.14. The van der Waals surface area contributed by atoms with Gasteiger partial charge in [-0.15, -0.1) is 6.58 Å². The standard InChI is InChI=1S/C28H26ClN3O3S/c1-4-15-32-27(33)25(36-28(32)31-26-12-8-9-19(3)30-26)17-20-13-14-23(24(16-20)34-5-2)35-18-21-10-6-7-11-22(21)29/h4,6-14,16-17H,1,5,15,18H2,2-3H3/b25-17-,31-28+. The Balaban J connectivity index is 1.59. The van der Waals surface area contributed by atoms with Crippen molar-refractivity contribution in [2.24, 2.45) is 4.99 Å². The molecule has 36 heavy (non-hydrogen) atoms. The van der Waals surface area contributed by atoms with Gasteiger partial charge in [-0.05, 0) is 67.6 Å². The Kier molecular flexibility index (Phi) is 8.46. The second-order valence-electron chi connectivity index (χ2n) is 7.87. The van der Waals surface area contributed by atoms with Crippen LogP contribution in [0.1, 0.15) is 23.7 Å². The highest BCUT2D eigenvalue weighted by Crippen LogP contribution is 2.36. The van der Waals surface area contributed by atoms with E-state index in [-0.39, 0.29) is 5.91 Å². The number of hydrogen-bond donors (Lipinski definition) is 0. The molecule has 1 aliphatic rings. The molecule has 0 aliphatic carbocycles. The molecule has 3 aromatic rings. The van der Waals surface area contributed by atoms with Crippen molar-refractivity contribution in [1.82, 2.24) is 9.88 Å². The first-order valence-electron chi connectivity index (χ1n) is 11.5. The summed E-state index contributed by atoms with van der Waals surface area (Å²) in [5, 5.41) is 1.21. The van der Waals surface area contributed by atoms with Crippen LogP contribution in [0.5, 0.6) is 11.5 Å². The number of rotatable bonds is 9. The van der Waals surface area contributed by atoms with E-state index in [4.69, 9.17) is 21.1 Å². The number of hydrogen-bond acceptors (Lipinski definition) is 6. The van der Waals surface area contributed by atoms with Gasteiger partial charge in [-0.1, -0.05) is 48.0 Å². The molecule has 0 atom stereocenters. The molecular weight excluding hydrogens is 494 g/mol. The number of thioether (sulfide) groups is 1. The lowest BCUT2D eigenvalue weighted by molar-refractivity contribution is -0.121. The van der Waals surface area contributed by atoms with Gasteiger partial charge < -0.3 is 9.47 Å². The third-order valence-electron chi connectivity index (χ3n) is 5.19. The van der Waals surface area contributed by atoms with Gasteiger partial charge in [0.2, 0.25) is 0 Å². The van der Waals surface area contributed by atoms with Gasteiger partial charge in [0.05, 0.1) is 11.5 Å². The maximum Gasteiger partial charge on any atom is 0.267 e. The Hall–Kier alpha value is -3.55. The van der Waals surface area contributed by atoms with Crippen molar-refractivity contribution in [2.75, 3.05) is 13.2 Å². The quantitative estimate of drug-likeness (QED) is 0.229. The highest BCUT2D eigenvalue weighted by atomic mass is 35.5. The number of benzene rings is 2. The summed E-state index contributed by atoms with van der Waals surface area (Å²) >= 11 is 7.56. The first kappa shape index (κ1) is 25.5. The predicted octanol–water partition coefficient (Wildman–Crippen LogP) is 6.81. The second kappa shape index (κ2) is 11.9. The Morgan fingerprint density at radius 2 is 1.94 bits per heavy atom. The van der Waals surface area contributed by atoms with Crippen LogP contribution in [0, 0.1) is 6.92 Å². The number of carbonyl (C=O) groups is 1. The molecule has 0 saturated carbocycles. The van der Waals surface area contributed by atoms with Crippen LogP contribution >= 0.6 is 23.4 Å². The summed E-state index contributed by atoms with van der Waals surface area (Å²) < 4.78 is 11.8. The summed E-state index contributed by atoms with van der Waals surface area (Å²) in [5.74, 6) is 1.61. The average molecular weight is 520 g/mol. The number of nitrogens with zero attached hydrogens (tertiary/aromatic N) is 3. The Bertz CT molecular complexity index is 1340. The second-order valence-corrected chi connectivity index (χ2v) is 9.28. The van der Waals surface area contributed by atoms with Gasteiger partial charge in [0, 0.05) is 22.8 Å². The first-order valence-corrected chi connectivity index (χ1v) is 12.7. The fraction of sp³-hybridized carbons (Fsp3) is 0.179. The molecule has 4 rings (SSSR count). The fourth-order valence-electron chi connectivity index (χ4n) is 3.49. The van der Waals surface area contributed by atoms with Crippen LogP contribution in [0.4, 0.5) is 5.82 Å². The molecule has 0 radical (unpaired) electrons. The third kappa shape index (κ3) is 6.17. The largest absolute Gasteiger partial charge is 0.490 e. The lowest BCUT2D eigenvalue weighted by Crippen LogP contribution is -2.29. The van der Waals surface area contributed by atoms with Crippen molar-refractivity contribution in [2.45, 2.75) is 20.5 Å². The number of aryl methyl sites for hydroxylation is 1. The maximum absolute atomic E-state index is 13.2. The van der Waals surface area contributed by atoms with E-state index in [1.807, 2.05) is 80.6 Å². The maximum atomic E-state index is 13.2. The summed E-state index contributed by atoms with van der Waals surface area (Å²) in [6.45, 7) is 8.74. The summed E-state index contributed by atoms with van der Waals surface area (Å²) in [6.07, 6.45) is 3.51. The lowest BCUT2D eigenvalue weighted by Gasteiger charge is -2.13. The summed E-state index contributed by atoms with van der Waals surface area (Å²) in [6, 6.07) is 18.8. The van der Waals surface area contributed by atoms with E-state index < -0.39 is 0 Å². The number of aliphatic imine (C=N–C) groups is 1. The zero-order valence-corrected chi connectivity index (χ0v) is 21.7. The number of carbonyl (C=O) groups excluding carboxylic acids is 1. The van der Waals surface area contributed by atoms with E-state index in [0.29, 0.717) is 52.2 Å². The molecule has 184 valence electrons. The minimum atomic E-state index is -0.136. The molecule has 0 spiro atoms. The molecule has 0 bridgehead atoms. The zero-order chi connectivity index (χ0) is 25.5. The van der Waals surface area contributed by atoms with Gasteiger partial charge in [-0.25, -0.2) is 9.98 Å². The van der Waals surface area contributed by atoms with Crippen LogP contribution in [0.3, 0.4) is 0 Å². The topological polar surface area (TPSA) is 64.0 Å². The third-order valence-corrected chi connectivity index (χ3v) is 6.57. The molecule has 1 amide bonds. The monoisotopic (exact) mass is 519 g/mol. The summed E-state index contributed by atoms with van der Waals surface area (Å²) in [4.78, 5) is 24.3. The van der Waals surface area contributed by atoms with E-state index in [1.165, 1.54) is 11.8 Å². The minimum absolute atomic E-state index is 0.136. The van der Waals surface area contributed by atoms with Gasteiger partial charge in [0.15, 0.2) is 22.5 Å². The number of aromatic nitrogens is 1. The molecule has 1 aliphatic heterocycles. The van der Waals surface area contributed by atoms with Crippen molar-refractivity contribution in [1.29, 1.82) is 0 Å². The van der Waals surface area contributed by atoms with Crippen molar-refractivity contribution in [3.05, 3.63) is 100 Å². The summed E-state index contributed by atoms with van der Waals surface area (Å²) in [5.41, 5.74) is 2.56. The molecular formula is C28H26ClN3O3S. The molecule has 2 heterocycles. The smallest absolute Gasteiger partial charge is 0.267 e. The van der Waals surface area contributed by atoms with Gasteiger partial charge in [-0.2, -0.15) is 0 Å². The van der Waals surface area contributed by atoms with E-state index in [2.05, 4.69) is 16.6 Å². The molecule has 8 heteroatoms. The number of ether oxygens (including phenoxy) is 2. The highest BCUT2D eigenvalue weighted by molar-refractivity contribution is 8.18. The SMILES string of the molecule is C=CCN1C(=O)/C(=C/c2ccc(OCc3ccccc3Cl)c(OCC)c2)S/C1=N/c1cccc(C)n1. The van der Waals surface area contributed by atoms with Gasteiger partial charge in [0.1, 0.15) is 6.61 Å². The van der Waals surface area contributed by atoms with Crippen LogP contribution in [-0.2, 0) is 11.4 Å². The van der Waals surface area contributed by atoms with E-state index in [9.17, 15) is 4.79 Å². The van der Waals surface area contributed by atoms with Crippen LogP contribution in [0.2, 0.25) is 5.02 Å². The zero-order valence-electron chi connectivity index (χ0n) is 20.1. The van der Waals surface area contributed by atoms with E-state index >= 15 is 0 Å². The Morgan fingerprint density at radius 3 is 2.69 bits per heavy atom. The van der Waals surface area contributed by atoms with Crippen molar-refractivity contribution in [3.8, 4) is 11.5 Å². The normalized spacial score (nSPS) is 15.5. The number of halogens is 1. The van der Waals surface area contributed by atoms with Crippen LogP contribution < -0.4 is 9.47 Å². The van der Waals surface area contributed by atoms with Crippen LogP contribution in [-0.4, -0.2) is 34.1 Å². The number of amidine groups is 1. The van der Waals surface area contributed by atoms with Crippen LogP contribution in [0.15, 0.2) is 83.2 Å². The molecule has 6 nitrogen and oxygen atoms in total. The molecule has 1 aromatic heterocycles. The number of amides is 1. The first-order chi connectivity index (χ1) is 17.5. The minimum Gasteiger partial charge on any atom is -0.490 e. The van der Waals surface area contributed by atoms with E-state index in [1.54, 1.807) is 11.0 Å². The van der Waals surface area contributed by atoms with Crippen molar-refractivity contribution >= 4 is 46.3 Å². The molecule has 0 N–H and O–H groups in total. The fourth-order valence-corrected chi connectivity index (χ4v) is 4.68. The number of pyridine rings is 1. The summed E-state index contributed by atoms with van der Waals surface area (Å²) in [7, 11) is 0. The van der Waals surface area contributed by atoms with Crippen molar-refractivity contribution in [3.63, 3.8) is 0 Å². The Morgan fingerprint density at radius 1 is 1.11 bits per heavy atom. The van der Waals surface area contributed by atoms with Crippen molar-refractivity contribution < 1.29 is 14.3 Å². The Labute approximate surface area is 220 Å². The van der Waals surface area contributed by atoms with Gasteiger partial charge in [-0.3, -0.25) is 9.69 Å². The highest BCUT2D eigenvalue weighted by Gasteiger charge is 2.32. The predicted molar refractivity (Wildman–Crippen MR) is 147 cm³/mol. The van der Waals surface area contributed by atoms with Crippen LogP contribution in [0.25, 0.3) is 6.08 Å². The molecule has 1 saturated heterocycles. The van der Waals surface area contributed by atoms with Gasteiger partial charge in [0.25, 0.3) is 5.91 Å². The molecule has 2 aromatic carbocycles. The lowest BCUT2D eigenvalue weighted by atomic mass is 10.1. The van der Waals surface area contributed by atoms with E-state index in [0.717, 1.165) is 16.8 Å².